The lowest BCUT2D eigenvalue weighted by molar-refractivity contribution is -0.139. The van der Waals surface area contributed by atoms with Gasteiger partial charge < -0.3 is 19.7 Å². The first kappa shape index (κ1) is 29.3. The standard InChI is InChI=1S/C25H34ClN3O6S/c1-7-17(2)27-25(31)18(3)28(15-19-8-10-20(26)11-9-19)24(30)16-29(36(6,32)33)22-13-12-21(34-4)14-23(22)35-5/h8-14,17-18H,7,15-16H2,1-6H3,(H,27,31). The number of benzene rings is 2. The third kappa shape index (κ3) is 7.76. The zero-order valence-corrected chi connectivity index (χ0v) is 23.0. The average Bonchev–Trinajstić information content (AvgIpc) is 2.85. The van der Waals surface area contributed by atoms with E-state index in [0.29, 0.717) is 10.8 Å². The van der Waals surface area contributed by atoms with Gasteiger partial charge in [0.1, 0.15) is 24.1 Å². The Labute approximate surface area is 218 Å². The fourth-order valence-electron chi connectivity index (χ4n) is 3.42. The van der Waals surface area contributed by atoms with Crippen molar-refractivity contribution in [1.82, 2.24) is 10.2 Å². The van der Waals surface area contributed by atoms with Crippen LogP contribution in [0.5, 0.6) is 11.5 Å². The molecular weight excluding hydrogens is 506 g/mol. The van der Waals surface area contributed by atoms with Gasteiger partial charge in [-0.05, 0) is 50.1 Å². The van der Waals surface area contributed by atoms with Crippen LogP contribution in [0.15, 0.2) is 42.5 Å². The summed E-state index contributed by atoms with van der Waals surface area (Å²) in [6, 6.07) is 10.6. The van der Waals surface area contributed by atoms with E-state index in [1.54, 1.807) is 37.3 Å². The van der Waals surface area contributed by atoms with Crippen molar-refractivity contribution in [2.75, 3.05) is 31.3 Å². The van der Waals surface area contributed by atoms with E-state index in [9.17, 15) is 18.0 Å². The van der Waals surface area contributed by atoms with Gasteiger partial charge in [0.25, 0.3) is 0 Å². The second kappa shape index (κ2) is 12.8. The van der Waals surface area contributed by atoms with Gasteiger partial charge in [0, 0.05) is 23.7 Å². The van der Waals surface area contributed by atoms with Crippen molar-refractivity contribution < 1.29 is 27.5 Å². The van der Waals surface area contributed by atoms with Gasteiger partial charge in [-0.25, -0.2) is 8.42 Å². The number of carbonyl (C=O) groups excluding carboxylic acids is 2. The predicted octanol–water partition coefficient (Wildman–Crippen LogP) is 3.46. The van der Waals surface area contributed by atoms with E-state index in [-0.39, 0.29) is 29.9 Å². The lowest BCUT2D eigenvalue weighted by Gasteiger charge is -2.32. The molecule has 0 bridgehead atoms. The predicted molar refractivity (Wildman–Crippen MR) is 141 cm³/mol. The summed E-state index contributed by atoms with van der Waals surface area (Å²) in [5, 5.41) is 3.42. The van der Waals surface area contributed by atoms with E-state index in [2.05, 4.69) is 5.32 Å². The number of nitrogens with zero attached hydrogens (tertiary/aromatic N) is 2. The van der Waals surface area contributed by atoms with Crippen LogP contribution in [0.1, 0.15) is 32.8 Å². The van der Waals surface area contributed by atoms with Crippen molar-refractivity contribution in [1.29, 1.82) is 0 Å². The molecule has 9 nitrogen and oxygen atoms in total. The van der Waals surface area contributed by atoms with Crippen LogP contribution in [0.2, 0.25) is 5.02 Å². The number of ether oxygens (including phenoxy) is 2. The Balaban J connectivity index is 2.45. The minimum atomic E-state index is -3.90. The molecule has 2 aromatic rings. The number of sulfonamides is 1. The largest absolute Gasteiger partial charge is 0.497 e. The van der Waals surface area contributed by atoms with Crippen molar-refractivity contribution in [2.24, 2.45) is 0 Å². The molecule has 2 aromatic carbocycles. The number of hydrogen-bond acceptors (Lipinski definition) is 6. The molecule has 2 atom stereocenters. The van der Waals surface area contributed by atoms with Crippen LogP contribution in [0.3, 0.4) is 0 Å². The zero-order valence-electron chi connectivity index (χ0n) is 21.4. The summed E-state index contributed by atoms with van der Waals surface area (Å²) in [5.74, 6) is -0.200. The number of methoxy groups -OCH3 is 2. The molecule has 2 unspecified atom stereocenters. The first-order chi connectivity index (χ1) is 16.9. The third-order valence-electron chi connectivity index (χ3n) is 5.77. The van der Waals surface area contributed by atoms with E-state index in [0.717, 1.165) is 22.5 Å². The van der Waals surface area contributed by atoms with Gasteiger partial charge in [0.15, 0.2) is 0 Å². The highest BCUT2D eigenvalue weighted by molar-refractivity contribution is 7.92. The van der Waals surface area contributed by atoms with Gasteiger partial charge >= 0.3 is 0 Å². The van der Waals surface area contributed by atoms with E-state index in [1.807, 2.05) is 13.8 Å². The quantitative estimate of drug-likeness (QED) is 0.443. The monoisotopic (exact) mass is 539 g/mol. The Kier molecular flexibility index (Phi) is 10.4. The minimum Gasteiger partial charge on any atom is -0.497 e. The summed E-state index contributed by atoms with van der Waals surface area (Å²) >= 11 is 6.00. The fourth-order valence-corrected chi connectivity index (χ4v) is 4.40. The third-order valence-corrected chi connectivity index (χ3v) is 7.15. The van der Waals surface area contributed by atoms with Gasteiger partial charge in [0.2, 0.25) is 21.8 Å². The topological polar surface area (TPSA) is 105 Å². The van der Waals surface area contributed by atoms with Crippen LogP contribution in [-0.4, -0.2) is 64.2 Å². The van der Waals surface area contributed by atoms with Gasteiger partial charge in [-0.3, -0.25) is 13.9 Å². The Hall–Kier alpha value is -2.98. The molecular formula is C25H34ClN3O6S. The summed E-state index contributed by atoms with van der Waals surface area (Å²) in [6.45, 7) is 4.98. The van der Waals surface area contributed by atoms with E-state index >= 15 is 0 Å². The van der Waals surface area contributed by atoms with Crippen molar-refractivity contribution in [3.63, 3.8) is 0 Å². The molecule has 2 amide bonds. The number of anilines is 1. The van der Waals surface area contributed by atoms with Crippen LogP contribution in [0.4, 0.5) is 5.69 Å². The van der Waals surface area contributed by atoms with Gasteiger partial charge in [-0.2, -0.15) is 0 Å². The molecule has 0 spiro atoms. The van der Waals surface area contributed by atoms with Crippen molar-refractivity contribution in [2.45, 2.75) is 45.8 Å². The van der Waals surface area contributed by atoms with Crippen molar-refractivity contribution >= 4 is 39.1 Å². The summed E-state index contributed by atoms with van der Waals surface area (Å²) < 4.78 is 37.1. The molecule has 0 aliphatic heterocycles. The number of amides is 2. The molecule has 1 N–H and O–H groups in total. The smallest absolute Gasteiger partial charge is 0.244 e. The maximum atomic E-state index is 13.6. The van der Waals surface area contributed by atoms with Gasteiger partial charge in [-0.15, -0.1) is 0 Å². The molecule has 0 aliphatic rings. The van der Waals surface area contributed by atoms with E-state index in [1.165, 1.54) is 31.3 Å². The van der Waals surface area contributed by atoms with Crippen LogP contribution in [0.25, 0.3) is 0 Å². The van der Waals surface area contributed by atoms with Gasteiger partial charge in [-0.1, -0.05) is 30.7 Å². The van der Waals surface area contributed by atoms with Crippen LogP contribution < -0.4 is 19.1 Å². The maximum Gasteiger partial charge on any atom is 0.244 e. The number of carbonyl (C=O) groups is 2. The second-order valence-electron chi connectivity index (χ2n) is 8.45. The molecule has 0 aliphatic carbocycles. The number of rotatable bonds is 12. The number of hydrogen-bond donors (Lipinski definition) is 1. The fraction of sp³-hybridized carbons (Fsp3) is 0.440. The average molecular weight is 540 g/mol. The highest BCUT2D eigenvalue weighted by atomic mass is 35.5. The highest BCUT2D eigenvalue weighted by Crippen LogP contribution is 2.33. The minimum absolute atomic E-state index is 0.0801. The first-order valence-electron chi connectivity index (χ1n) is 11.4. The summed E-state index contributed by atoms with van der Waals surface area (Å²) in [4.78, 5) is 27.9. The molecule has 36 heavy (non-hydrogen) atoms. The first-order valence-corrected chi connectivity index (χ1v) is 13.7. The van der Waals surface area contributed by atoms with Gasteiger partial charge in [0.05, 0.1) is 26.2 Å². The molecule has 0 radical (unpaired) electrons. The number of halogens is 1. The normalized spacial score (nSPS) is 12.9. The molecule has 0 aromatic heterocycles. The molecule has 0 fully saturated rings. The van der Waals surface area contributed by atoms with Crippen LogP contribution >= 0.6 is 11.6 Å². The van der Waals surface area contributed by atoms with E-state index in [4.69, 9.17) is 21.1 Å². The summed E-state index contributed by atoms with van der Waals surface area (Å²) in [6.07, 6.45) is 1.73. The Morgan fingerprint density at radius 3 is 2.22 bits per heavy atom. The molecule has 0 saturated carbocycles. The molecule has 0 heterocycles. The lowest BCUT2D eigenvalue weighted by atomic mass is 10.1. The maximum absolute atomic E-state index is 13.6. The highest BCUT2D eigenvalue weighted by Gasteiger charge is 2.31. The molecule has 11 heteroatoms. The molecule has 198 valence electrons. The Bertz CT molecular complexity index is 1160. The van der Waals surface area contributed by atoms with Crippen molar-refractivity contribution in [3.8, 4) is 11.5 Å². The van der Waals surface area contributed by atoms with E-state index < -0.39 is 28.5 Å². The lowest BCUT2D eigenvalue weighted by Crippen LogP contribution is -2.52. The Morgan fingerprint density at radius 2 is 1.69 bits per heavy atom. The van der Waals surface area contributed by atoms with Crippen LogP contribution in [-0.2, 0) is 26.2 Å². The molecule has 2 rings (SSSR count). The SMILES string of the molecule is CCC(C)NC(=O)C(C)N(Cc1ccc(Cl)cc1)C(=O)CN(c1ccc(OC)cc1OC)S(C)(=O)=O. The summed E-state index contributed by atoms with van der Waals surface area (Å²) in [7, 11) is -1.02. The van der Waals surface area contributed by atoms with Crippen molar-refractivity contribution in [3.05, 3.63) is 53.1 Å². The molecule has 0 saturated heterocycles. The Morgan fingerprint density at radius 1 is 1.06 bits per heavy atom. The summed E-state index contributed by atoms with van der Waals surface area (Å²) in [5.41, 5.74) is 0.918. The number of nitrogens with one attached hydrogen (secondary N) is 1. The van der Waals surface area contributed by atoms with Crippen LogP contribution in [0, 0.1) is 0 Å². The zero-order chi connectivity index (χ0) is 27.0. The second-order valence-corrected chi connectivity index (χ2v) is 10.8.